The molecule has 8 atom stereocenters. The van der Waals surface area contributed by atoms with Crippen molar-refractivity contribution in [1.29, 1.82) is 0 Å². The number of aliphatic hydroxyl groups is 4. The standard InChI is InChI=1S/C47H82O17P2/c1-3-5-7-9-11-13-15-17-18-20-22-24-26-28-30-34-41(50)62-39(37-61-66(58,59)64-47-44(53)42(51)43(52)46(45(47)54)63-65(55,56)57)36-60-40(49)35-31-33-38(48)32-29-27-25-23-21-19-16-14-12-10-8-6-4-2/h12,14,19,21,25,27,29,32,39,42-47,51-54H,3-11,13,15-18,20,22-24,26,28,30-31,33-37H2,1-2H3,(H,58,59)(H2,55,56,57)/b14-12-,21-19-,27-25-,32-29+/t39-,42?,43?,44?,45?,46-,47+/m1/s1. The molecule has 1 rings (SSSR count). The number of aliphatic hydroxyl groups excluding tert-OH is 4. The lowest BCUT2D eigenvalue weighted by atomic mass is 9.85. The van der Waals surface area contributed by atoms with Gasteiger partial charge in [-0.3, -0.25) is 28.0 Å². The van der Waals surface area contributed by atoms with Gasteiger partial charge in [0.1, 0.15) is 43.2 Å². The first-order chi connectivity index (χ1) is 31.5. The molecule has 7 N–H and O–H groups in total. The van der Waals surface area contributed by atoms with E-state index < -0.39 is 83.5 Å². The summed E-state index contributed by atoms with van der Waals surface area (Å²) in [6.07, 6.45) is 23.5. The molecular formula is C47H82O17P2. The van der Waals surface area contributed by atoms with Crippen LogP contribution >= 0.6 is 15.6 Å². The van der Waals surface area contributed by atoms with Crippen molar-refractivity contribution >= 4 is 33.4 Å². The number of rotatable bonds is 40. The van der Waals surface area contributed by atoms with Crippen LogP contribution in [0.2, 0.25) is 0 Å². The quantitative estimate of drug-likeness (QED) is 0.00757. The maximum absolute atomic E-state index is 13.0. The molecule has 17 nitrogen and oxygen atoms in total. The van der Waals surface area contributed by atoms with Crippen LogP contribution in [0.4, 0.5) is 0 Å². The molecule has 1 fully saturated rings. The Bertz CT molecular complexity index is 1530. The van der Waals surface area contributed by atoms with Gasteiger partial charge in [-0.05, 0) is 44.6 Å². The molecule has 0 heterocycles. The van der Waals surface area contributed by atoms with Gasteiger partial charge < -0.3 is 44.6 Å². The molecule has 0 saturated heterocycles. The molecule has 0 radical (unpaired) electrons. The molecule has 0 aromatic carbocycles. The van der Waals surface area contributed by atoms with E-state index >= 15 is 0 Å². The lowest BCUT2D eigenvalue weighted by Crippen LogP contribution is -2.64. The third-order valence-electron chi connectivity index (χ3n) is 10.9. The molecule has 0 aromatic rings. The van der Waals surface area contributed by atoms with Gasteiger partial charge in [-0.2, -0.15) is 0 Å². The fourth-order valence-corrected chi connectivity index (χ4v) is 8.64. The zero-order valence-corrected chi connectivity index (χ0v) is 41.1. The van der Waals surface area contributed by atoms with Crippen LogP contribution in [0.5, 0.6) is 0 Å². The van der Waals surface area contributed by atoms with E-state index in [1.165, 1.54) is 89.5 Å². The highest BCUT2D eigenvalue weighted by atomic mass is 31.2. The molecule has 1 saturated carbocycles. The van der Waals surface area contributed by atoms with Gasteiger partial charge >= 0.3 is 27.6 Å². The molecule has 66 heavy (non-hydrogen) atoms. The number of allylic oxidation sites excluding steroid dienone is 8. The molecule has 382 valence electrons. The van der Waals surface area contributed by atoms with Gasteiger partial charge in [-0.15, -0.1) is 0 Å². The number of esters is 2. The number of phosphoric ester groups is 2. The Morgan fingerprint density at radius 3 is 1.61 bits per heavy atom. The normalized spacial score (nSPS) is 21.8. The minimum Gasteiger partial charge on any atom is -0.462 e. The van der Waals surface area contributed by atoms with Gasteiger partial charge in [0.05, 0.1) is 6.61 Å². The van der Waals surface area contributed by atoms with Crippen LogP contribution in [0, 0.1) is 0 Å². The van der Waals surface area contributed by atoms with E-state index in [9.17, 15) is 58.6 Å². The number of hydrogen-bond acceptors (Lipinski definition) is 14. The van der Waals surface area contributed by atoms with E-state index in [2.05, 4.69) is 36.6 Å². The molecule has 0 spiro atoms. The van der Waals surface area contributed by atoms with E-state index in [0.717, 1.165) is 44.9 Å². The van der Waals surface area contributed by atoms with E-state index in [4.69, 9.17) is 18.5 Å². The Morgan fingerprint density at radius 2 is 1.03 bits per heavy atom. The Morgan fingerprint density at radius 1 is 0.530 bits per heavy atom. The van der Waals surface area contributed by atoms with E-state index in [-0.39, 0.29) is 31.5 Å². The fourth-order valence-electron chi connectivity index (χ4n) is 7.10. The van der Waals surface area contributed by atoms with Crippen molar-refractivity contribution in [2.75, 3.05) is 13.2 Å². The molecule has 1 aliphatic carbocycles. The van der Waals surface area contributed by atoms with Gasteiger partial charge in [0.15, 0.2) is 11.9 Å². The number of ether oxygens (including phenoxy) is 2. The van der Waals surface area contributed by atoms with Crippen molar-refractivity contribution in [1.82, 2.24) is 0 Å². The van der Waals surface area contributed by atoms with Crippen LogP contribution in [0.3, 0.4) is 0 Å². The van der Waals surface area contributed by atoms with Crippen LogP contribution < -0.4 is 0 Å². The minimum absolute atomic E-state index is 0.00398. The van der Waals surface area contributed by atoms with Gasteiger partial charge in [-0.1, -0.05) is 159 Å². The average molecular weight is 981 g/mol. The van der Waals surface area contributed by atoms with Crippen molar-refractivity contribution in [3.8, 4) is 0 Å². The van der Waals surface area contributed by atoms with Crippen molar-refractivity contribution in [3.05, 3.63) is 48.6 Å². The minimum atomic E-state index is -5.39. The highest BCUT2D eigenvalue weighted by molar-refractivity contribution is 7.47. The van der Waals surface area contributed by atoms with Crippen LogP contribution in [0.1, 0.15) is 174 Å². The summed E-state index contributed by atoms with van der Waals surface area (Å²) < 4.78 is 49.2. The Labute approximate surface area is 392 Å². The second-order valence-corrected chi connectivity index (χ2v) is 19.5. The van der Waals surface area contributed by atoms with Crippen LogP contribution in [-0.4, -0.2) is 109 Å². The first-order valence-corrected chi connectivity index (χ1v) is 27.2. The van der Waals surface area contributed by atoms with Crippen LogP contribution in [-0.2, 0) is 46.6 Å². The topological polar surface area (TPSA) is 273 Å². The smallest absolute Gasteiger partial charge is 0.462 e. The SMILES string of the molecule is CCCCC/C=C\C/C=C\C/C=C\C=C\C(=O)CCCC(=O)OC[C@H](COP(=O)(O)O[C@H]1C(O)C(O)C(O)[C@@H](OP(=O)(O)O)C1O)OC(=O)CCCCCCCCCCCCCCCCC. The van der Waals surface area contributed by atoms with Gasteiger partial charge in [0, 0.05) is 19.3 Å². The number of ketones is 1. The molecule has 19 heteroatoms. The summed E-state index contributed by atoms with van der Waals surface area (Å²) in [4.78, 5) is 66.6. The number of hydrogen-bond donors (Lipinski definition) is 7. The Hall–Kier alpha value is -2.37. The lowest BCUT2D eigenvalue weighted by Gasteiger charge is -2.43. The summed E-state index contributed by atoms with van der Waals surface area (Å²) >= 11 is 0. The Kier molecular flexibility index (Phi) is 35.0. The number of phosphoric acid groups is 2. The van der Waals surface area contributed by atoms with Crippen molar-refractivity contribution < 1.29 is 81.7 Å². The summed E-state index contributed by atoms with van der Waals surface area (Å²) in [6.45, 7) is 2.88. The summed E-state index contributed by atoms with van der Waals surface area (Å²) in [5.74, 6) is -1.66. The van der Waals surface area contributed by atoms with Crippen molar-refractivity contribution in [3.63, 3.8) is 0 Å². The van der Waals surface area contributed by atoms with Gasteiger partial charge in [-0.25, -0.2) is 9.13 Å². The molecule has 0 amide bonds. The van der Waals surface area contributed by atoms with E-state index in [0.29, 0.717) is 6.42 Å². The summed E-state index contributed by atoms with van der Waals surface area (Å²) in [5, 5.41) is 41.2. The number of carbonyl (C=O) groups is 3. The van der Waals surface area contributed by atoms with Gasteiger partial charge in [0.2, 0.25) is 0 Å². The number of carbonyl (C=O) groups excluding carboxylic acids is 3. The molecule has 0 bridgehead atoms. The van der Waals surface area contributed by atoms with Crippen LogP contribution in [0.15, 0.2) is 48.6 Å². The summed E-state index contributed by atoms with van der Waals surface area (Å²) in [7, 11) is -10.7. The zero-order chi connectivity index (χ0) is 49.1. The van der Waals surface area contributed by atoms with E-state index in [1.54, 1.807) is 12.2 Å². The number of unbranched alkanes of at least 4 members (excludes halogenated alkanes) is 17. The lowest BCUT2D eigenvalue weighted by molar-refractivity contribution is -0.216. The van der Waals surface area contributed by atoms with Gasteiger partial charge in [0.25, 0.3) is 0 Å². The third-order valence-corrected chi connectivity index (χ3v) is 12.4. The second kappa shape index (κ2) is 37.5. The summed E-state index contributed by atoms with van der Waals surface area (Å²) in [5.41, 5.74) is 0. The maximum atomic E-state index is 13.0. The first kappa shape index (κ1) is 61.6. The maximum Gasteiger partial charge on any atom is 0.472 e. The zero-order valence-electron chi connectivity index (χ0n) is 39.4. The third kappa shape index (κ3) is 31.6. The first-order valence-electron chi connectivity index (χ1n) is 24.1. The largest absolute Gasteiger partial charge is 0.472 e. The average Bonchev–Trinajstić information content (AvgIpc) is 3.26. The highest BCUT2D eigenvalue weighted by Gasteiger charge is 2.54. The predicted octanol–water partition coefficient (Wildman–Crippen LogP) is 8.46. The molecule has 0 aromatic heterocycles. The highest BCUT2D eigenvalue weighted by Crippen LogP contribution is 2.49. The molecule has 1 aliphatic rings. The Balaban J connectivity index is 2.67. The van der Waals surface area contributed by atoms with E-state index in [1.807, 2.05) is 12.2 Å². The molecule has 5 unspecified atom stereocenters. The van der Waals surface area contributed by atoms with Crippen molar-refractivity contribution in [2.45, 2.75) is 217 Å². The van der Waals surface area contributed by atoms with Crippen molar-refractivity contribution in [2.24, 2.45) is 0 Å². The second-order valence-electron chi connectivity index (χ2n) is 16.9. The molecular weight excluding hydrogens is 898 g/mol. The summed E-state index contributed by atoms with van der Waals surface area (Å²) in [6, 6.07) is 0. The predicted molar refractivity (Wildman–Crippen MR) is 251 cm³/mol. The fraction of sp³-hybridized carbons (Fsp3) is 0.766. The molecule has 0 aliphatic heterocycles. The van der Waals surface area contributed by atoms with Crippen LogP contribution in [0.25, 0.3) is 0 Å². The monoisotopic (exact) mass is 981 g/mol.